The monoisotopic (exact) mass is 309 g/mol. The lowest BCUT2D eigenvalue weighted by molar-refractivity contribution is 0.288. The zero-order valence-corrected chi connectivity index (χ0v) is 12.8. The van der Waals surface area contributed by atoms with Gasteiger partial charge in [0.1, 0.15) is 12.1 Å². The Morgan fingerprint density at radius 2 is 1.91 bits per heavy atom. The molecule has 3 N–H and O–H groups in total. The van der Waals surface area contributed by atoms with Gasteiger partial charge in [0.15, 0.2) is 5.65 Å². The van der Waals surface area contributed by atoms with Crippen LogP contribution in [-0.4, -0.2) is 31.5 Å². The van der Waals surface area contributed by atoms with E-state index in [1.54, 1.807) is 0 Å². The molecule has 1 aliphatic carbocycles. The molecule has 23 heavy (non-hydrogen) atoms. The van der Waals surface area contributed by atoms with Crippen molar-refractivity contribution in [1.29, 1.82) is 0 Å². The molecule has 118 valence electrons. The van der Waals surface area contributed by atoms with E-state index in [2.05, 4.69) is 34.2 Å². The van der Waals surface area contributed by atoms with Gasteiger partial charge in [0.25, 0.3) is 0 Å². The Morgan fingerprint density at radius 1 is 1.17 bits per heavy atom. The number of benzene rings is 1. The molecule has 0 unspecified atom stereocenters. The minimum Gasteiger partial charge on any atom is -0.396 e. The van der Waals surface area contributed by atoms with Crippen molar-refractivity contribution in [2.45, 2.75) is 31.7 Å². The van der Waals surface area contributed by atoms with Gasteiger partial charge in [0.05, 0.1) is 17.1 Å². The number of rotatable bonds is 4. The second kappa shape index (κ2) is 5.62. The van der Waals surface area contributed by atoms with E-state index in [9.17, 15) is 0 Å². The zero-order valence-electron chi connectivity index (χ0n) is 12.8. The van der Waals surface area contributed by atoms with Crippen LogP contribution >= 0.6 is 0 Å². The molecule has 0 fully saturated rings. The fourth-order valence-corrected chi connectivity index (χ4v) is 3.45. The van der Waals surface area contributed by atoms with Crippen LogP contribution in [0.3, 0.4) is 0 Å². The molecule has 3 aromatic rings. The highest BCUT2D eigenvalue weighted by molar-refractivity contribution is 5.88. The summed E-state index contributed by atoms with van der Waals surface area (Å²) < 4.78 is 2.00. The van der Waals surface area contributed by atoms with E-state index >= 15 is 0 Å². The summed E-state index contributed by atoms with van der Waals surface area (Å²) in [5.41, 5.74) is 10.5. The standard InChI is InChI=1S/C17H19N5O/c18-16-15-14(6-3-7-23)21-22(17(15)20-10-19-16)13-8-11-4-1-2-5-12(11)9-13/h1-2,4-5,10,13,23H,3,6-9H2,(H2,18,19,20). The largest absolute Gasteiger partial charge is 0.396 e. The summed E-state index contributed by atoms with van der Waals surface area (Å²) in [7, 11) is 0. The summed E-state index contributed by atoms with van der Waals surface area (Å²) in [6.07, 6.45) is 4.74. The number of fused-ring (bicyclic) bond motifs is 2. The Morgan fingerprint density at radius 3 is 2.61 bits per heavy atom. The van der Waals surface area contributed by atoms with E-state index in [4.69, 9.17) is 15.9 Å². The lowest BCUT2D eigenvalue weighted by atomic mass is 10.1. The molecule has 0 saturated carbocycles. The van der Waals surface area contributed by atoms with E-state index in [0.717, 1.165) is 29.6 Å². The number of aliphatic hydroxyl groups excluding tert-OH is 1. The number of nitrogens with two attached hydrogens (primary N) is 1. The number of hydrogen-bond donors (Lipinski definition) is 2. The predicted molar refractivity (Wildman–Crippen MR) is 88.0 cm³/mol. The maximum absolute atomic E-state index is 9.11. The average Bonchev–Trinajstić information content (AvgIpc) is 3.14. The Bertz CT molecular complexity index is 832. The number of nitrogens with zero attached hydrogens (tertiary/aromatic N) is 4. The predicted octanol–water partition coefficient (Wildman–Crippen LogP) is 1.67. The molecule has 0 saturated heterocycles. The van der Waals surface area contributed by atoms with Gasteiger partial charge in [-0.25, -0.2) is 14.6 Å². The molecule has 0 bridgehead atoms. The number of aliphatic hydroxyl groups is 1. The van der Waals surface area contributed by atoms with Crippen LogP contribution in [0.1, 0.15) is 29.3 Å². The van der Waals surface area contributed by atoms with Crippen molar-refractivity contribution in [1.82, 2.24) is 19.7 Å². The lowest BCUT2D eigenvalue weighted by Crippen LogP contribution is -2.11. The van der Waals surface area contributed by atoms with Crippen LogP contribution in [-0.2, 0) is 19.3 Å². The molecule has 0 amide bonds. The fraction of sp³-hybridized carbons (Fsp3) is 0.353. The first kappa shape index (κ1) is 14.1. The van der Waals surface area contributed by atoms with E-state index in [-0.39, 0.29) is 12.6 Å². The number of hydrogen-bond acceptors (Lipinski definition) is 5. The molecule has 6 nitrogen and oxygen atoms in total. The van der Waals surface area contributed by atoms with Gasteiger partial charge in [-0.1, -0.05) is 24.3 Å². The molecule has 0 spiro atoms. The highest BCUT2D eigenvalue weighted by atomic mass is 16.2. The zero-order chi connectivity index (χ0) is 15.8. The fourth-order valence-electron chi connectivity index (χ4n) is 3.45. The number of aromatic nitrogens is 4. The first-order valence-corrected chi connectivity index (χ1v) is 7.93. The van der Waals surface area contributed by atoms with Crippen molar-refractivity contribution < 1.29 is 5.11 Å². The minimum absolute atomic E-state index is 0.136. The van der Waals surface area contributed by atoms with Gasteiger partial charge < -0.3 is 10.8 Å². The molecule has 0 atom stereocenters. The van der Waals surface area contributed by atoms with Crippen molar-refractivity contribution in [3.05, 3.63) is 47.4 Å². The Hall–Kier alpha value is -2.47. The van der Waals surface area contributed by atoms with Gasteiger partial charge in [0, 0.05) is 6.61 Å². The second-order valence-electron chi connectivity index (χ2n) is 6.01. The van der Waals surface area contributed by atoms with Crippen LogP contribution in [0.25, 0.3) is 11.0 Å². The van der Waals surface area contributed by atoms with Crippen molar-refractivity contribution in [2.75, 3.05) is 12.3 Å². The molecule has 1 aromatic carbocycles. The number of nitrogen functional groups attached to an aromatic ring is 1. The molecule has 6 heteroatoms. The van der Waals surface area contributed by atoms with Crippen molar-refractivity contribution in [2.24, 2.45) is 0 Å². The maximum atomic E-state index is 9.11. The van der Waals surface area contributed by atoms with E-state index in [1.165, 1.54) is 17.5 Å². The van der Waals surface area contributed by atoms with Crippen LogP contribution in [0.4, 0.5) is 5.82 Å². The number of aryl methyl sites for hydroxylation is 1. The van der Waals surface area contributed by atoms with E-state index < -0.39 is 0 Å². The van der Waals surface area contributed by atoms with Crippen molar-refractivity contribution in [3.63, 3.8) is 0 Å². The molecule has 2 aromatic heterocycles. The summed E-state index contributed by atoms with van der Waals surface area (Å²) in [6.45, 7) is 0.136. The Labute approximate surface area is 134 Å². The molecular weight excluding hydrogens is 290 g/mol. The molecule has 0 aliphatic heterocycles. The summed E-state index contributed by atoms with van der Waals surface area (Å²) >= 11 is 0. The Kier molecular flexibility index (Phi) is 3.46. The third-order valence-corrected chi connectivity index (χ3v) is 4.54. The highest BCUT2D eigenvalue weighted by Crippen LogP contribution is 2.33. The van der Waals surface area contributed by atoms with E-state index in [0.29, 0.717) is 18.7 Å². The van der Waals surface area contributed by atoms with Crippen LogP contribution in [0.5, 0.6) is 0 Å². The number of anilines is 1. The van der Waals surface area contributed by atoms with Crippen LogP contribution < -0.4 is 5.73 Å². The highest BCUT2D eigenvalue weighted by Gasteiger charge is 2.26. The van der Waals surface area contributed by atoms with Gasteiger partial charge in [-0.15, -0.1) is 0 Å². The Balaban J connectivity index is 1.78. The second-order valence-corrected chi connectivity index (χ2v) is 6.01. The SMILES string of the molecule is Nc1ncnc2c1c(CCCO)nn2C1Cc2ccccc2C1. The lowest BCUT2D eigenvalue weighted by Gasteiger charge is -2.10. The normalized spacial score (nSPS) is 14.5. The first-order valence-electron chi connectivity index (χ1n) is 7.93. The van der Waals surface area contributed by atoms with E-state index in [1.807, 2.05) is 4.68 Å². The van der Waals surface area contributed by atoms with Gasteiger partial charge in [0.2, 0.25) is 0 Å². The molecule has 0 radical (unpaired) electrons. The molecule has 1 aliphatic rings. The van der Waals surface area contributed by atoms with Crippen molar-refractivity contribution >= 4 is 16.9 Å². The molecule has 4 rings (SSSR count). The van der Waals surface area contributed by atoms with Gasteiger partial charge in [-0.3, -0.25) is 0 Å². The quantitative estimate of drug-likeness (QED) is 0.765. The third-order valence-electron chi connectivity index (χ3n) is 4.54. The van der Waals surface area contributed by atoms with Crippen molar-refractivity contribution in [3.8, 4) is 0 Å². The third kappa shape index (κ3) is 2.35. The smallest absolute Gasteiger partial charge is 0.163 e. The first-order chi connectivity index (χ1) is 11.3. The maximum Gasteiger partial charge on any atom is 0.163 e. The van der Waals surface area contributed by atoms with Crippen LogP contribution in [0.15, 0.2) is 30.6 Å². The van der Waals surface area contributed by atoms with Crippen LogP contribution in [0.2, 0.25) is 0 Å². The topological polar surface area (TPSA) is 89.8 Å². The molecular formula is C17H19N5O. The summed E-state index contributed by atoms with van der Waals surface area (Å²) in [5.74, 6) is 0.463. The van der Waals surface area contributed by atoms with Gasteiger partial charge in [-0.05, 0) is 36.8 Å². The summed E-state index contributed by atoms with van der Waals surface area (Å²) in [4.78, 5) is 8.53. The van der Waals surface area contributed by atoms with Crippen LogP contribution in [0, 0.1) is 0 Å². The van der Waals surface area contributed by atoms with Gasteiger partial charge in [-0.2, -0.15) is 5.10 Å². The average molecular weight is 309 g/mol. The van der Waals surface area contributed by atoms with Gasteiger partial charge >= 0.3 is 0 Å². The summed E-state index contributed by atoms with van der Waals surface area (Å²) in [5, 5.41) is 14.7. The molecule has 2 heterocycles. The summed E-state index contributed by atoms with van der Waals surface area (Å²) in [6, 6.07) is 8.77. The minimum atomic E-state index is 0.136.